The zero-order valence-corrected chi connectivity index (χ0v) is 8.17. The van der Waals surface area contributed by atoms with Crippen LogP contribution >= 0.6 is 0 Å². The van der Waals surface area contributed by atoms with Crippen LogP contribution in [0.2, 0.25) is 13.1 Å². The molecule has 1 nitrogen and oxygen atoms in total. The Bertz CT molecular complexity index is 13.6. The predicted octanol–water partition coefficient (Wildman–Crippen LogP) is 0.133. The van der Waals surface area contributed by atoms with Crippen LogP contribution in [0.1, 0.15) is 0 Å². The fraction of sp³-hybridized carbons (Fsp3) is 1.00. The first-order chi connectivity index (χ1) is 2.41. The van der Waals surface area contributed by atoms with Crippen LogP contribution in [0.25, 0.3) is 0 Å². The molecule has 0 unspecified atom stereocenters. The van der Waals surface area contributed by atoms with Gasteiger partial charge in [-0.15, -0.1) is 0 Å². The zero-order chi connectivity index (χ0) is 4.71. The van der Waals surface area contributed by atoms with Crippen molar-refractivity contribution in [3.63, 3.8) is 0 Å². The Morgan fingerprint density at radius 3 is 1.40 bits per heavy atom. The van der Waals surface area contributed by atoms with Crippen LogP contribution in [0.3, 0.4) is 0 Å². The molecule has 0 saturated carbocycles. The Morgan fingerprint density at radius 1 is 1.40 bits per heavy atom. The molecule has 0 spiro atoms. The fourth-order valence-electron chi connectivity index (χ4n) is 0. The first kappa shape index (κ1) is 9.64. The second kappa shape index (κ2) is 18.2. The Labute approximate surface area is 62.5 Å². The van der Waals surface area contributed by atoms with Crippen LogP contribution in [0.4, 0.5) is 0 Å². The molecule has 0 aromatic heterocycles. The van der Waals surface area contributed by atoms with E-state index in [2.05, 4.69) is 13.1 Å². The van der Waals surface area contributed by atoms with Crippen molar-refractivity contribution in [3.05, 3.63) is 0 Å². The van der Waals surface area contributed by atoms with Crippen molar-refractivity contribution in [1.82, 2.24) is 0 Å². The van der Waals surface area contributed by atoms with Gasteiger partial charge in [-0.2, -0.15) is 0 Å². The van der Waals surface area contributed by atoms with Crippen LogP contribution in [0.15, 0.2) is 0 Å². The summed E-state index contributed by atoms with van der Waals surface area (Å²) in [5.41, 5.74) is 0. The molecule has 0 saturated heterocycles. The van der Waals surface area contributed by atoms with Crippen LogP contribution < -0.4 is 0 Å². The minimum absolute atomic E-state index is 0.0556. The molecule has 0 heterocycles. The molecule has 0 aromatic carbocycles. The minimum atomic E-state index is 0.0556. The monoisotopic (exact) mass is 216 g/mol. The molecule has 0 rings (SSSR count). The van der Waals surface area contributed by atoms with Crippen LogP contribution in [0.5, 0.6) is 0 Å². The number of rotatable bonds is 0. The number of hydrogen-bond acceptors (Lipinski definition) is 1. The fourth-order valence-corrected chi connectivity index (χ4v) is 0. The second-order valence-electron chi connectivity index (χ2n) is 0.707. The molecule has 5 heavy (non-hydrogen) atoms. The van der Waals surface area contributed by atoms with Crippen molar-refractivity contribution < 1.29 is 40.7 Å². The van der Waals surface area contributed by atoms with E-state index in [4.69, 9.17) is 0.938 Å². The molecule has 0 aliphatic carbocycles. The summed E-state index contributed by atoms with van der Waals surface area (Å²) in [7, 11) is 0.417. The van der Waals surface area contributed by atoms with E-state index >= 15 is 0 Å². The van der Waals surface area contributed by atoms with Gasteiger partial charge in [0.05, 0.1) is 0 Å². The summed E-state index contributed by atoms with van der Waals surface area (Å²) in [5.74, 6) is 0. The van der Waals surface area contributed by atoms with Gasteiger partial charge in [-0.05, 0) is 0 Å². The van der Waals surface area contributed by atoms with Gasteiger partial charge in [0.1, 0.15) is 0 Å². The van der Waals surface area contributed by atoms with Crippen LogP contribution in [0, 0.1) is 39.8 Å². The second-order valence-corrected chi connectivity index (χ2v) is 2.12. The summed E-state index contributed by atoms with van der Waals surface area (Å²) in [5, 5.41) is 0. The SMILES string of the molecule is C[SiH2]C.[O]=[Ce]. The molecule has 0 bridgehead atoms. The van der Waals surface area contributed by atoms with Gasteiger partial charge >= 0.3 is 40.7 Å². The van der Waals surface area contributed by atoms with Gasteiger partial charge in [0.25, 0.3) is 0 Å². The van der Waals surface area contributed by atoms with Gasteiger partial charge in [-0.3, -0.25) is 0 Å². The molecular formula is C2H8CeOSi. The molecule has 0 aliphatic heterocycles. The summed E-state index contributed by atoms with van der Waals surface area (Å²) in [6.07, 6.45) is 0. The standard InChI is InChI=1S/C2H8Si.Ce.O/c1-3-2;;/h3H2,1-2H3;;. The van der Waals surface area contributed by atoms with Gasteiger partial charge in [-0.25, -0.2) is 0 Å². The first-order valence-corrected chi connectivity index (χ1v) is 5.73. The van der Waals surface area contributed by atoms with Crippen molar-refractivity contribution in [2.24, 2.45) is 0 Å². The summed E-state index contributed by atoms with van der Waals surface area (Å²) in [6, 6.07) is 0. The van der Waals surface area contributed by atoms with E-state index in [1.54, 1.807) is 0 Å². The molecule has 0 amide bonds. The van der Waals surface area contributed by atoms with Crippen LogP contribution in [-0.2, 0) is 0.938 Å². The summed E-state index contributed by atoms with van der Waals surface area (Å²) < 4.78 is 8.39. The third-order valence-corrected chi connectivity index (χ3v) is 0. The Kier molecular flexibility index (Phi) is 35.0. The zero-order valence-electron chi connectivity index (χ0n) is 3.62. The Hall–Kier alpha value is 1.39. The van der Waals surface area contributed by atoms with Gasteiger partial charge in [0, 0.05) is 9.52 Å². The summed E-state index contributed by atoms with van der Waals surface area (Å²) in [4.78, 5) is 0. The summed E-state index contributed by atoms with van der Waals surface area (Å²) >= 11 is 0.0556. The molecule has 0 aliphatic rings. The van der Waals surface area contributed by atoms with Crippen molar-refractivity contribution in [3.8, 4) is 0 Å². The van der Waals surface area contributed by atoms with Crippen molar-refractivity contribution in [2.75, 3.05) is 0 Å². The van der Waals surface area contributed by atoms with Crippen molar-refractivity contribution in [2.45, 2.75) is 13.1 Å². The Morgan fingerprint density at radius 2 is 1.40 bits per heavy atom. The quantitative estimate of drug-likeness (QED) is 0.526. The van der Waals surface area contributed by atoms with E-state index in [1.807, 2.05) is 0 Å². The van der Waals surface area contributed by atoms with Gasteiger partial charge in [0.15, 0.2) is 0 Å². The molecule has 0 radical (unpaired) electrons. The van der Waals surface area contributed by atoms with Gasteiger partial charge in [-0.1, -0.05) is 13.1 Å². The normalized spacial score (nSPS) is 4.20. The first-order valence-electron chi connectivity index (χ1n) is 1.62. The maximum absolute atomic E-state index is 8.39. The number of hydrogen-bond donors (Lipinski definition) is 0. The Balaban J connectivity index is 0. The molecule has 0 N–H and O–H groups in total. The van der Waals surface area contributed by atoms with E-state index < -0.39 is 0 Å². The van der Waals surface area contributed by atoms with E-state index in [-0.39, 0.29) is 39.8 Å². The van der Waals surface area contributed by atoms with E-state index in [0.717, 1.165) is 0 Å². The van der Waals surface area contributed by atoms with Gasteiger partial charge < -0.3 is 0 Å². The van der Waals surface area contributed by atoms with Crippen LogP contribution in [-0.4, -0.2) is 9.52 Å². The third kappa shape index (κ3) is 32.0. The van der Waals surface area contributed by atoms with E-state index in [0.29, 0.717) is 9.52 Å². The molecule has 3 heteroatoms. The van der Waals surface area contributed by atoms with Crippen molar-refractivity contribution in [1.29, 1.82) is 0 Å². The summed E-state index contributed by atoms with van der Waals surface area (Å²) in [6.45, 7) is 4.53. The average molecular weight is 216 g/mol. The van der Waals surface area contributed by atoms with Crippen molar-refractivity contribution >= 4 is 9.52 Å². The van der Waals surface area contributed by atoms with Gasteiger partial charge in [0.2, 0.25) is 0 Å². The average Bonchev–Trinajstić information content (AvgIpc) is 1.46. The predicted molar refractivity (Wildman–Crippen MR) is 21.0 cm³/mol. The molecular weight excluding hydrogens is 208 g/mol. The topological polar surface area (TPSA) is 17.1 Å². The van der Waals surface area contributed by atoms with E-state index in [9.17, 15) is 0 Å². The van der Waals surface area contributed by atoms with E-state index in [1.165, 1.54) is 0 Å². The molecule has 0 fully saturated rings. The molecule has 30 valence electrons. The maximum atomic E-state index is 8.39. The third-order valence-electron chi connectivity index (χ3n) is 0. The molecule has 0 atom stereocenters. The molecule has 0 aromatic rings.